The molecule has 110 valence electrons. The zero-order valence-electron chi connectivity index (χ0n) is 12.5. The van der Waals surface area contributed by atoms with Crippen molar-refractivity contribution in [3.63, 3.8) is 0 Å². The summed E-state index contributed by atoms with van der Waals surface area (Å²) in [5, 5.41) is 0.112. The lowest BCUT2D eigenvalue weighted by molar-refractivity contribution is -0.129. The smallest absolute Gasteiger partial charge is 0.236 e. The molecule has 0 radical (unpaired) electrons. The van der Waals surface area contributed by atoms with Crippen LogP contribution in [0.15, 0.2) is 24.3 Å². The van der Waals surface area contributed by atoms with Crippen molar-refractivity contribution in [3.05, 3.63) is 29.8 Å². The van der Waals surface area contributed by atoms with E-state index in [1.165, 1.54) is 0 Å². The van der Waals surface area contributed by atoms with Gasteiger partial charge < -0.3 is 14.5 Å². The number of carbonyl (C=O) groups excluding carboxylic acids is 1. The van der Waals surface area contributed by atoms with E-state index in [2.05, 4.69) is 11.0 Å². The van der Waals surface area contributed by atoms with Crippen molar-refractivity contribution >= 4 is 17.7 Å². The maximum absolute atomic E-state index is 12.3. The molecule has 0 aromatic heterocycles. The number of benzene rings is 1. The van der Waals surface area contributed by atoms with E-state index in [4.69, 9.17) is 4.74 Å². The van der Waals surface area contributed by atoms with Gasteiger partial charge in [-0.1, -0.05) is 12.1 Å². The summed E-state index contributed by atoms with van der Waals surface area (Å²) in [6.45, 7) is 3.61. The second-order valence-corrected chi connectivity index (χ2v) is 6.67. The molecule has 1 aromatic carbocycles. The molecule has 1 amide bonds. The van der Waals surface area contributed by atoms with E-state index in [-0.39, 0.29) is 16.5 Å². The van der Waals surface area contributed by atoms with Crippen LogP contribution in [0.5, 0.6) is 5.75 Å². The first-order chi connectivity index (χ1) is 9.52. The summed E-state index contributed by atoms with van der Waals surface area (Å²) in [6.07, 6.45) is 0. The molecule has 0 spiro atoms. The van der Waals surface area contributed by atoms with Gasteiger partial charge in [-0.2, -0.15) is 0 Å². The van der Waals surface area contributed by atoms with Crippen molar-refractivity contribution in [2.45, 2.75) is 17.5 Å². The number of hydrogen-bond acceptors (Lipinski definition) is 4. The first kappa shape index (κ1) is 15.2. The standard InChI is InChI=1S/C15H22N2O2S/c1-11-14(18)17(9-8-16(2)3)15(20-11)12-6-5-7-13(10-12)19-4/h5-7,10-11,15H,8-9H2,1-4H3/t11-,15+/m1/s1. The SMILES string of the molecule is COc1cccc([C@@H]2S[C@H](C)C(=O)N2CCN(C)C)c1. The highest BCUT2D eigenvalue weighted by atomic mass is 32.2. The van der Waals surface area contributed by atoms with Gasteiger partial charge in [-0.15, -0.1) is 11.8 Å². The number of hydrogen-bond donors (Lipinski definition) is 0. The summed E-state index contributed by atoms with van der Waals surface area (Å²) >= 11 is 1.71. The number of ether oxygens (including phenoxy) is 1. The minimum atomic E-state index is 0.0216. The summed E-state index contributed by atoms with van der Waals surface area (Å²) in [7, 11) is 5.72. The predicted molar refractivity (Wildman–Crippen MR) is 83.1 cm³/mol. The Bertz CT molecular complexity index is 479. The number of thioether (sulfide) groups is 1. The molecular weight excluding hydrogens is 272 g/mol. The average molecular weight is 294 g/mol. The van der Waals surface area contributed by atoms with Crippen LogP contribution in [0.1, 0.15) is 17.9 Å². The molecular formula is C15H22N2O2S. The van der Waals surface area contributed by atoms with Crippen LogP contribution >= 0.6 is 11.8 Å². The zero-order chi connectivity index (χ0) is 14.7. The number of carbonyl (C=O) groups is 1. The van der Waals surface area contributed by atoms with E-state index < -0.39 is 0 Å². The quantitative estimate of drug-likeness (QED) is 0.833. The third kappa shape index (κ3) is 3.27. The zero-order valence-corrected chi connectivity index (χ0v) is 13.3. The van der Waals surface area contributed by atoms with E-state index in [1.807, 2.05) is 44.1 Å². The first-order valence-electron chi connectivity index (χ1n) is 6.77. The molecule has 1 heterocycles. The lowest BCUT2D eigenvalue weighted by Crippen LogP contribution is -2.36. The van der Waals surface area contributed by atoms with Gasteiger partial charge in [0.05, 0.1) is 12.4 Å². The topological polar surface area (TPSA) is 32.8 Å². The minimum absolute atomic E-state index is 0.0216. The van der Waals surface area contributed by atoms with Crippen LogP contribution in [0.3, 0.4) is 0 Å². The third-order valence-corrected chi connectivity index (χ3v) is 4.81. The van der Waals surface area contributed by atoms with Crippen LogP contribution in [0, 0.1) is 0 Å². The minimum Gasteiger partial charge on any atom is -0.497 e. The second-order valence-electron chi connectivity index (χ2n) is 5.24. The molecule has 0 saturated carbocycles. The summed E-state index contributed by atoms with van der Waals surface area (Å²) in [6, 6.07) is 7.99. The molecule has 0 bridgehead atoms. The number of nitrogens with zero attached hydrogens (tertiary/aromatic N) is 2. The van der Waals surface area contributed by atoms with E-state index in [0.29, 0.717) is 0 Å². The van der Waals surface area contributed by atoms with Crippen LogP contribution in [-0.2, 0) is 4.79 Å². The molecule has 0 N–H and O–H groups in total. The summed E-state index contributed by atoms with van der Waals surface area (Å²) in [5.74, 6) is 1.06. The lowest BCUT2D eigenvalue weighted by Gasteiger charge is -2.25. The van der Waals surface area contributed by atoms with Crippen LogP contribution in [0.25, 0.3) is 0 Å². The Morgan fingerprint density at radius 3 is 2.80 bits per heavy atom. The summed E-state index contributed by atoms with van der Waals surface area (Å²) in [4.78, 5) is 16.4. The van der Waals surface area contributed by atoms with Crippen molar-refractivity contribution < 1.29 is 9.53 Å². The monoisotopic (exact) mass is 294 g/mol. The van der Waals surface area contributed by atoms with Gasteiger partial charge in [-0.25, -0.2) is 0 Å². The molecule has 4 nitrogen and oxygen atoms in total. The molecule has 20 heavy (non-hydrogen) atoms. The molecule has 0 unspecified atom stereocenters. The van der Waals surface area contributed by atoms with Crippen molar-refractivity contribution in [1.82, 2.24) is 9.80 Å². The number of methoxy groups -OCH3 is 1. The van der Waals surface area contributed by atoms with Crippen LogP contribution in [0.2, 0.25) is 0 Å². The van der Waals surface area contributed by atoms with E-state index in [0.717, 1.165) is 24.4 Å². The molecule has 0 aliphatic carbocycles. The molecule has 1 fully saturated rings. The highest BCUT2D eigenvalue weighted by molar-refractivity contribution is 8.01. The normalized spacial score (nSPS) is 22.6. The fourth-order valence-corrected chi connectivity index (χ4v) is 3.56. The van der Waals surface area contributed by atoms with Gasteiger partial charge in [-0.3, -0.25) is 4.79 Å². The Hall–Kier alpha value is -1.20. The van der Waals surface area contributed by atoms with E-state index in [1.54, 1.807) is 18.9 Å². The van der Waals surface area contributed by atoms with Crippen LogP contribution in [0.4, 0.5) is 0 Å². The summed E-state index contributed by atoms with van der Waals surface area (Å²) in [5.41, 5.74) is 1.13. The average Bonchev–Trinajstić information content (AvgIpc) is 2.72. The van der Waals surface area contributed by atoms with Crippen LogP contribution < -0.4 is 4.74 Å². The Balaban J connectivity index is 2.20. The lowest BCUT2D eigenvalue weighted by atomic mass is 10.2. The van der Waals surface area contributed by atoms with Crippen molar-refractivity contribution in [3.8, 4) is 5.75 Å². The molecule has 2 rings (SSSR count). The van der Waals surface area contributed by atoms with Gasteiger partial charge in [0, 0.05) is 13.1 Å². The molecule has 1 aliphatic rings. The van der Waals surface area contributed by atoms with Gasteiger partial charge in [0.25, 0.3) is 0 Å². The molecule has 5 heteroatoms. The fraction of sp³-hybridized carbons (Fsp3) is 0.533. The van der Waals surface area contributed by atoms with Crippen molar-refractivity contribution in [2.75, 3.05) is 34.3 Å². The summed E-state index contributed by atoms with van der Waals surface area (Å²) < 4.78 is 5.28. The van der Waals surface area contributed by atoms with Gasteiger partial charge in [0.1, 0.15) is 11.1 Å². The molecule has 1 saturated heterocycles. The van der Waals surface area contributed by atoms with Crippen molar-refractivity contribution in [1.29, 1.82) is 0 Å². The van der Waals surface area contributed by atoms with E-state index in [9.17, 15) is 4.79 Å². The largest absolute Gasteiger partial charge is 0.497 e. The Morgan fingerprint density at radius 1 is 1.40 bits per heavy atom. The maximum atomic E-state index is 12.3. The Kier molecular flexibility index (Phi) is 4.94. The number of likely N-dealkylation sites (N-methyl/N-ethyl adjacent to an activating group) is 1. The van der Waals surface area contributed by atoms with Gasteiger partial charge >= 0.3 is 0 Å². The van der Waals surface area contributed by atoms with Gasteiger partial charge in [0.15, 0.2) is 0 Å². The third-order valence-electron chi connectivity index (χ3n) is 3.41. The molecule has 2 atom stereocenters. The van der Waals surface area contributed by atoms with Crippen LogP contribution in [-0.4, -0.2) is 55.3 Å². The first-order valence-corrected chi connectivity index (χ1v) is 7.72. The number of amides is 1. The highest BCUT2D eigenvalue weighted by Crippen LogP contribution is 2.43. The van der Waals surface area contributed by atoms with E-state index >= 15 is 0 Å². The molecule has 1 aliphatic heterocycles. The maximum Gasteiger partial charge on any atom is 0.236 e. The fourth-order valence-electron chi connectivity index (χ4n) is 2.26. The Morgan fingerprint density at radius 2 is 2.15 bits per heavy atom. The molecule has 1 aromatic rings. The number of rotatable bonds is 5. The van der Waals surface area contributed by atoms with Gasteiger partial charge in [-0.05, 0) is 38.7 Å². The van der Waals surface area contributed by atoms with Gasteiger partial charge in [0.2, 0.25) is 5.91 Å². The van der Waals surface area contributed by atoms with Crippen molar-refractivity contribution in [2.24, 2.45) is 0 Å². The predicted octanol–water partition coefficient (Wildman–Crippen LogP) is 2.22. The second kappa shape index (κ2) is 6.50. The Labute approximate surface area is 125 Å². The highest BCUT2D eigenvalue weighted by Gasteiger charge is 2.38.